The Hall–Kier alpha value is -2.87. The summed E-state index contributed by atoms with van der Waals surface area (Å²) in [6.45, 7) is 0.0601. The number of benzene rings is 3. The first-order valence-electron chi connectivity index (χ1n) is 9.94. The smallest absolute Gasteiger partial charge is 0.313 e. The molecule has 0 aromatic heterocycles. The first kappa shape index (κ1) is 23.3. The van der Waals surface area contributed by atoms with E-state index in [2.05, 4.69) is 0 Å². The summed E-state index contributed by atoms with van der Waals surface area (Å²) in [4.78, 5) is 27.6. The summed E-state index contributed by atoms with van der Waals surface area (Å²) in [7, 11) is -3.38. The van der Waals surface area contributed by atoms with Gasteiger partial charge in [0.1, 0.15) is 5.92 Å². The molecule has 6 nitrogen and oxygen atoms in total. The third-order valence-corrected chi connectivity index (χ3v) is 7.38. The summed E-state index contributed by atoms with van der Waals surface area (Å²) >= 11 is 12.5. The molecule has 170 valence electrons. The van der Waals surface area contributed by atoms with Gasteiger partial charge < -0.3 is 10.0 Å². The molecule has 0 radical (unpaired) electrons. The molecule has 3 aromatic carbocycles. The van der Waals surface area contributed by atoms with E-state index in [-0.39, 0.29) is 22.4 Å². The Labute approximate surface area is 201 Å². The number of fused-ring (bicyclic) bond motifs is 1. The van der Waals surface area contributed by atoms with E-state index < -0.39 is 27.8 Å². The van der Waals surface area contributed by atoms with E-state index in [4.69, 9.17) is 23.2 Å². The molecule has 33 heavy (non-hydrogen) atoms. The number of aliphatic carboxylic acids is 1. The van der Waals surface area contributed by atoms with Crippen LogP contribution in [-0.2, 0) is 21.2 Å². The molecular formula is C24H19Cl2NO5S. The van der Waals surface area contributed by atoms with Gasteiger partial charge in [0, 0.05) is 28.4 Å². The summed E-state index contributed by atoms with van der Waals surface area (Å²) in [5.41, 5.74) is 1.83. The van der Waals surface area contributed by atoms with Crippen molar-refractivity contribution >= 4 is 44.9 Å². The molecule has 0 spiro atoms. The van der Waals surface area contributed by atoms with Crippen LogP contribution < -0.4 is 0 Å². The van der Waals surface area contributed by atoms with Gasteiger partial charge in [-0.1, -0.05) is 59.6 Å². The van der Waals surface area contributed by atoms with E-state index in [0.29, 0.717) is 27.3 Å². The zero-order valence-electron chi connectivity index (χ0n) is 17.4. The minimum atomic E-state index is -3.38. The predicted molar refractivity (Wildman–Crippen MR) is 125 cm³/mol. The van der Waals surface area contributed by atoms with Crippen molar-refractivity contribution in [1.29, 1.82) is 0 Å². The van der Waals surface area contributed by atoms with Gasteiger partial charge in [-0.3, -0.25) is 9.59 Å². The predicted octanol–water partition coefficient (Wildman–Crippen LogP) is 4.96. The largest absolute Gasteiger partial charge is 0.481 e. The minimum absolute atomic E-state index is 0.0601. The van der Waals surface area contributed by atoms with Crippen molar-refractivity contribution in [3.8, 4) is 0 Å². The molecular weight excluding hydrogens is 485 g/mol. The quantitative estimate of drug-likeness (QED) is 0.530. The number of amides is 1. The average molecular weight is 504 g/mol. The number of hydrogen-bond donors (Lipinski definition) is 1. The Morgan fingerprint density at radius 1 is 1.00 bits per heavy atom. The second kappa shape index (κ2) is 8.82. The maximum atomic E-state index is 13.5. The normalized spacial score (nSPS) is 18.2. The molecule has 0 saturated heterocycles. The zero-order chi connectivity index (χ0) is 23.9. The fourth-order valence-corrected chi connectivity index (χ4v) is 5.31. The van der Waals surface area contributed by atoms with Gasteiger partial charge in [-0.25, -0.2) is 8.42 Å². The third kappa shape index (κ3) is 4.49. The van der Waals surface area contributed by atoms with Crippen LogP contribution in [-0.4, -0.2) is 36.6 Å². The third-order valence-electron chi connectivity index (χ3n) is 5.69. The van der Waals surface area contributed by atoms with E-state index >= 15 is 0 Å². The van der Waals surface area contributed by atoms with E-state index in [9.17, 15) is 23.1 Å². The lowest BCUT2D eigenvalue weighted by Gasteiger charge is -2.41. The lowest BCUT2D eigenvalue weighted by Crippen LogP contribution is -2.44. The summed E-state index contributed by atoms with van der Waals surface area (Å²) in [5, 5.41) is 10.8. The number of carbonyl (C=O) groups is 2. The van der Waals surface area contributed by atoms with Crippen LogP contribution in [0.5, 0.6) is 0 Å². The Balaban J connectivity index is 1.86. The first-order chi connectivity index (χ1) is 15.6. The summed E-state index contributed by atoms with van der Waals surface area (Å²) in [6, 6.07) is 16.6. The zero-order valence-corrected chi connectivity index (χ0v) is 19.7. The molecule has 3 aromatic rings. The van der Waals surface area contributed by atoms with E-state index in [0.717, 1.165) is 6.26 Å². The van der Waals surface area contributed by atoms with Crippen molar-refractivity contribution in [2.45, 2.75) is 23.4 Å². The number of sulfone groups is 1. The van der Waals surface area contributed by atoms with Crippen molar-refractivity contribution < 1.29 is 23.1 Å². The Bertz CT molecular complexity index is 1360. The molecule has 1 aliphatic rings. The number of carboxylic acid groups (broad SMARTS) is 1. The lowest BCUT2D eigenvalue weighted by atomic mass is 9.79. The molecule has 0 saturated carbocycles. The van der Waals surface area contributed by atoms with Gasteiger partial charge in [-0.15, -0.1) is 0 Å². The second-order valence-electron chi connectivity index (χ2n) is 7.86. The van der Waals surface area contributed by atoms with Crippen LogP contribution in [0.15, 0.2) is 71.6 Å². The van der Waals surface area contributed by atoms with Crippen molar-refractivity contribution in [3.63, 3.8) is 0 Å². The first-order valence-corrected chi connectivity index (χ1v) is 12.6. The van der Waals surface area contributed by atoms with Crippen LogP contribution in [0.3, 0.4) is 0 Å². The molecule has 0 bridgehead atoms. The van der Waals surface area contributed by atoms with Gasteiger partial charge in [0.25, 0.3) is 5.91 Å². The maximum Gasteiger partial charge on any atom is 0.313 e. The van der Waals surface area contributed by atoms with Crippen LogP contribution in [0.25, 0.3) is 0 Å². The maximum absolute atomic E-state index is 13.5. The van der Waals surface area contributed by atoms with Crippen LogP contribution in [0.1, 0.15) is 39.0 Å². The topological polar surface area (TPSA) is 91.8 Å². The number of carbonyl (C=O) groups excluding carboxylic acids is 1. The van der Waals surface area contributed by atoms with Gasteiger partial charge >= 0.3 is 5.97 Å². The summed E-state index contributed by atoms with van der Waals surface area (Å²) in [5.74, 6) is -2.50. The molecule has 2 atom stereocenters. The van der Waals surface area contributed by atoms with E-state index in [1.165, 1.54) is 23.1 Å². The van der Waals surface area contributed by atoms with Gasteiger partial charge in [0.2, 0.25) is 0 Å². The van der Waals surface area contributed by atoms with Crippen molar-refractivity contribution in [2.24, 2.45) is 0 Å². The van der Waals surface area contributed by atoms with Crippen LogP contribution in [0.4, 0.5) is 0 Å². The second-order valence-corrected chi connectivity index (χ2v) is 10.7. The van der Waals surface area contributed by atoms with Gasteiger partial charge in [0.05, 0.1) is 10.9 Å². The fraction of sp³-hybridized carbons (Fsp3) is 0.167. The molecule has 1 heterocycles. The highest BCUT2D eigenvalue weighted by Crippen LogP contribution is 2.45. The van der Waals surface area contributed by atoms with Crippen LogP contribution >= 0.6 is 23.2 Å². The number of halogens is 2. The molecule has 1 N–H and O–H groups in total. The highest BCUT2D eigenvalue weighted by atomic mass is 35.5. The van der Waals surface area contributed by atoms with Crippen LogP contribution in [0.2, 0.25) is 10.0 Å². The number of nitrogens with zero attached hydrogens (tertiary/aromatic N) is 1. The average Bonchev–Trinajstić information content (AvgIpc) is 2.75. The SMILES string of the molecule is CS(=O)(=O)c1ccc(CN2C(=O)c3ccccc3C(C(=O)O)C2c2ccc(Cl)cc2Cl)cc1. The standard InChI is InChI=1S/C24H19Cl2NO5S/c1-33(31,32)16-9-6-14(7-10-16)13-27-22(19-11-8-15(25)12-20(19)26)21(24(29)30)17-4-2-3-5-18(17)23(27)28/h2-12,21-22H,13H2,1H3,(H,29,30). The highest BCUT2D eigenvalue weighted by molar-refractivity contribution is 7.90. The van der Waals surface area contributed by atoms with Crippen molar-refractivity contribution in [1.82, 2.24) is 4.90 Å². The minimum Gasteiger partial charge on any atom is -0.481 e. The summed E-state index contributed by atoms with van der Waals surface area (Å²) < 4.78 is 23.6. The van der Waals surface area contributed by atoms with Gasteiger partial charge in [0.15, 0.2) is 9.84 Å². The molecule has 9 heteroatoms. The van der Waals surface area contributed by atoms with E-state index in [1.54, 1.807) is 48.5 Å². The Morgan fingerprint density at radius 2 is 1.67 bits per heavy atom. The molecule has 0 fully saturated rings. The van der Waals surface area contributed by atoms with Crippen molar-refractivity contribution in [3.05, 3.63) is 99.0 Å². The Morgan fingerprint density at radius 3 is 2.27 bits per heavy atom. The van der Waals surface area contributed by atoms with Gasteiger partial charge in [-0.05, 0) is 47.0 Å². The van der Waals surface area contributed by atoms with E-state index in [1.807, 2.05) is 0 Å². The monoisotopic (exact) mass is 503 g/mol. The number of rotatable bonds is 5. The number of carboxylic acids is 1. The Kier molecular flexibility index (Phi) is 6.22. The molecule has 1 aliphatic heterocycles. The van der Waals surface area contributed by atoms with Gasteiger partial charge in [-0.2, -0.15) is 0 Å². The fourth-order valence-electron chi connectivity index (χ4n) is 4.16. The number of hydrogen-bond acceptors (Lipinski definition) is 4. The molecule has 2 unspecified atom stereocenters. The molecule has 1 amide bonds. The van der Waals surface area contributed by atoms with Crippen LogP contribution in [0, 0.1) is 0 Å². The molecule has 0 aliphatic carbocycles. The highest BCUT2D eigenvalue weighted by Gasteiger charge is 2.45. The molecule has 4 rings (SSSR count). The lowest BCUT2D eigenvalue weighted by molar-refractivity contribution is -0.140. The van der Waals surface area contributed by atoms with Crippen molar-refractivity contribution in [2.75, 3.05) is 6.26 Å². The summed E-state index contributed by atoms with van der Waals surface area (Å²) in [6.07, 6.45) is 1.11.